The molecule has 0 fully saturated rings. The Bertz CT molecular complexity index is 356. The third-order valence-corrected chi connectivity index (χ3v) is 3.80. The number of rotatable bonds is 4. The number of allylic oxidation sites excluding steroid dienone is 1. The number of hydrogen-bond acceptors (Lipinski definition) is 2. The molecule has 0 aliphatic carbocycles. The van der Waals surface area contributed by atoms with Crippen LogP contribution in [-0.4, -0.2) is 31.1 Å². The van der Waals surface area contributed by atoms with E-state index in [-0.39, 0.29) is 11.0 Å². The Morgan fingerprint density at radius 1 is 1.06 bits per heavy atom. The molecule has 0 aromatic heterocycles. The molecule has 0 atom stereocenters. The van der Waals surface area contributed by atoms with Gasteiger partial charge < -0.3 is 0 Å². The van der Waals surface area contributed by atoms with Crippen molar-refractivity contribution in [1.82, 2.24) is 4.31 Å². The van der Waals surface area contributed by atoms with Gasteiger partial charge in [0.25, 0.3) is 0 Å². The molecule has 4 heteroatoms. The summed E-state index contributed by atoms with van der Waals surface area (Å²) in [4.78, 5) is 0. The van der Waals surface area contributed by atoms with Gasteiger partial charge in [-0.05, 0) is 32.6 Å². The van der Waals surface area contributed by atoms with Crippen LogP contribution in [0.4, 0.5) is 0 Å². The van der Waals surface area contributed by atoms with Crippen LogP contribution >= 0.6 is 0 Å². The number of nitrogens with zero attached hydrogens (tertiary/aromatic N) is 1. The van der Waals surface area contributed by atoms with Crippen molar-refractivity contribution < 1.29 is 8.42 Å². The number of sulfonamides is 1. The van der Waals surface area contributed by atoms with Crippen LogP contribution in [0.5, 0.6) is 0 Å². The second-order valence-electron chi connectivity index (χ2n) is 6.56. The summed E-state index contributed by atoms with van der Waals surface area (Å²) in [5, 5.41) is 0. The van der Waals surface area contributed by atoms with Crippen molar-refractivity contribution in [3.05, 3.63) is 12.2 Å². The van der Waals surface area contributed by atoms with Crippen LogP contribution in [0.2, 0.25) is 0 Å². The molecule has 0 saturated heterocycles. The van der Waals surface area contributed by atoms with E-state index in [1.54, 1.807) is 4.31 Å². The van der Waals surface area contributed by atoms with E-state index in [1.807, 2.05) is 20.8 Å². The molecule has 0 aromatic carbocycles. The minimum atomic E-state index is -3.14. The molecule has 0 heterocycles. The summed E-state index contributed by atoms with van der Waals surface area (Å²) in [5.74, 6) is 0. The van der Waals surface area contributed by atoms with Gasteiger partial charge >= 0.3 is 0 Å². The van der Waals surface area contributed by atoms with Crippen molar-refractivity contribution in [2.24, 2.45) is 5.41 Å². The van der Waals surface area contributed by atoms with Gasteiger partial charge in [0.15, 0.2) is 0 Å². The van der Waals surface area contributed by atoms with E-state index in [4.69, 9.17) is 0 Å². The van der Waals surface area contributed by atoms with Crippen molar-refractivity contribution in [2.75, 3.05) is 12.8 Å². The summed E-state index contributed by atoms with van der Waals surface area (Å²) in [6.07, 6.45) is 6.20. The fourth-order valence-corrected chi connectivity index (χ4v) is 3.06. The van der Waals surface area contributed by atoms with Crippen LogP contribution in [0.1, 0.15) is 48.0 Å². The molecule has 0 spiro atoms. The fourth-order valence-electron chi connectivity index (χ4n) is 1.63. The smallest absolute Gasteiger partial charge is 0.211 e. The first kappa shape index (κ1) is 16.6. The van der Waals surface area contributed by atoms with Crippen LogP contribution in [0, 0.1) is 5.41 Å². The highest BCUT2D eigenvalue weighted by molar-refractivity contribution is 7.88. The SMILES string of the molecule is CC(C)(C)/C=C\CCN(C(C)(C)C)S(C)(=O)=O. The zero-order valence-electron chi connectivity index (χ0n) is 12.2. The average molecular weight is 261 g/mol. The topological polar surface area (TPSA) is 37.4 Å². The molecule has 3 nitrogen and oxygen atoms in total. The van der Waals surface area contributed by atoms with Gasteiger partial charge in [-0.25, -0.2) is 8.42 Å². The zero-order chi connectivity index (χ0) is 13.9. The van der Waals surface area contributed by atoms with Gasteiger partial charge in [-0.3, -0.25) is 0 Å². The second-order valence-corrected chi connectivity index (χ2v) is 8.47. The van der Waals surface area contributed by atoms with Crippen molar-refractivity contribution >= 4 is 10.0 Å². The molecule has 0 rings (SSSR count). The summed E-state index contributed by atoms with van der Waals surface area (Å²) >= 11 is 0. The molecule has 17 heavy (non-hydrogen) atoms. The highest BCUT2D eigenvalue weighted by atomic mass is 32.2. The lowest BCUT2D eigenvalue weighted by molar-refractivity contribution is 0.254. The van der Waals surface area contributed by atoms with Gasteiger partial charge in [-0.1, -0.05) is 32.9 Å². The van der Waals surface area contributed by atoms with E-state index in [9.17, 15) is 8.42 Å². The quantitative estimate of drug-likeness (QED) is 0.729. The molecule has 0 bridgehead atoms. The molecular weight excluding hydrogens is 234 g/mol. The third-order valence-electron chi connectivity index (χ3n) is 2.27. The molecule has 0 amide bonds. The van der Waals surface area contributed by atoms with Gasteiger partial charge in [0, 0.05) is 12.1 Å². The Hall–Kier alpha value is -0.350. The number of hydrogen-bond donors (Lipinski definition) is 0. The standard InChI is InChI=1S/C13H27NO2S/c1-12(2,3)10-8-9-11-14(13(4,5)6)17(7,15)16/h8,10H,9,11H2,1-7H3/b10-8-. The van der Waals surface area contributed by atoms with Crippen molar-refractivity contribution in [3.8, 4) is 0 Å². The minimum absolute atomic E-state index is 0.150. The summed E-state index contributed by atoms with van der Waals surface area (Å²) in [5.41, 5.74) is -0.208. The first-order chi connectivity index (χ1) is 7.34. The summed E-state index contributed by atoms with van der Waals surface area (Å²) < 4.78 is 24.9. The van der Waals surface area contributed by atoms with E-state index in [0.717, 1.165) is 6.42 Å². The Morgan fingerprint density at radius 2 is 1.53 bits per heavy atom. The van der Waals surface area contributed by atoms with Gasteiger partial charge in [-0.15, -0.1) is 0 Å². The van der Waals surface area contributed by atoms with Gasteiger partial charge in [0.05, 0.1) is 6.26 Å². The fraction of sp³-hybridized carbons (Fsp3) is 0.846. The minimum Gasteiger partial charge on any atom is -0.212 e. The summed E-state index contributed by atoms with van der Waals surface area (Å²) in [6, 6.07) is 0. The van der Waals surface area contributed by atoms with E-state index >= 15 is 0 Å². The van der Waals surface area contributed by atoms with E-state index in [0.29, 0.717) is 6.54 Å². The predicted molar refractivity (Wildman–Crippen MR) is 74.5 cm³/mol. The summed E-state index contributed by atoms with van der Waals surface area (Å²) in [6.45, 7) is 12.7. The monoisotopic (exact) mass is 261 g/mol. The highest BCUT2D eigenvalue weighted by Gasteiger charge is 2.28. The summed E-state index contributed by atoms with van der Waals surface area (Å²) in [7, 11) is -3.14. The predicted octanol–water partition coefficient (Wildman–Crippen LogP) is 3.04. The maximum atomic E-state index is 11.7. The molecule has 0 aromatic rings. The molecule has 0 aliphatic rings. The van der Waals surface area contributed by atoms with Crippen LogP contribution in [0.25, 0.3) is 0 Å². The molecule has 0 unspecified atom stereocenters. The van der Waals surface area contributed by atoms with Crippen molar-refractivity contribution in [1.29, 1.82) is 0 Å². The van der Waals surface area contributed by atoms with Crippen LogP contribution in [0.15, 0.2) is 12.2 Å². The molecular formula is C13H27NO2S. The Morgan fingerprint density at radius 3 is 1.82 bits per heavy atom. The van der Waals surface area contributed by atoms with Gasteiger partial charge in [0.1, 0.15) is 0 Å². The second kappa shape index (κ2) is 5.53. The Labute approximate surface area is 107 Å². The van der Waals surface area contributed by atoms with Crippen LogP contribution < -0.4 is 0 Å². The third kappa shape index (κ3) is 7.55. The maximum Gasteiger partial charge on any atom is 0.211 e. The Balaban J connectivity index is 4.57. The molecule has 102 valence electrons. The highest BCUT2D eigenvalue weighted by Crippen LogP contribution is 2.19. The lowest BCUT2D eigenvalue weighted by atomic mass is 9.96. The van der Waals surface area contributed by atoms with Gasteiger partial charge in [0.2, 0.25) is 10.0 Å². The average Bonchev–Trinajstić information content (AvgIpc) is 1.95. The van der Waals surface area contributed by atoms with Crippen LogP contribution in [-0.2, 0) is 10.0 Å². The largest absolute Gasteiger partial charge is 0.212 e. The van der Waals surface area contributed by atoms with Gasteiger partial charge in [-0.2, -0.15) is 4.31 Å². The normalized spacial score (nSPS) is 14.8. The Kier molecular flexibility index (Phi) is 5.41. The first-order valence-corrected chi connectivity index (χ1v) is 7.84. The zero-order valence-corrected chi connectivity index (χ0v) is 13.1. The lowest BCUT2D eigenvalue weighted by Gasteiger charge is -2.33. The van der Waals surface area contributed by atoms with Crippen molar-refractivity contribution in [3.63, 3.8) is 0 Å². The molecule has 0 radical (unpaired) electrons. The lowest BCUT2D eigenvalue weighted by Crippen LogP contribution is -2.45. The van der Waals surface area contributed by atoms with Crippen molar-refractivity contribution in [2.45, 2.75) is 53.5 Å². The first-order valence-electron chi connectivity index (χ1n) is 5.99. The molecule has 0 saturated carbocycles. The van der Waals surface area contributed by atoms with E-state index < -0.39 is 10.0 Å². The van der Waals surface area contributed by atoms with Crippen LogP contribution in [0.3, 0.4) is 0 Å². The van der Waals surface area contributed by atoms with E-state index in [1.165, 1.54) is 6.26 Å². The molecule has 0 aliphatic heterocycles. The molecule has 0 N–H and O–H groups in total. The van der Waals surface area contributed by atoms with E-state index in [2.05, 4.69) is 32.9 Å². The maximum absolute atomic E-state index is 11.7.